The van der Waals surface area contributed by atoms with E-state index in [1.807, 2.05) is 12.2 Å². The van der Waals surface area contributed by atoms with Crippen molar-refractivity contribution >= 4 is 21.5 Å². The Bertz CT molecular complexity index is 530. The van der Waals surface area contributed by atoms with Crippen molar-refractivity contribution in [2.24, 2.45) is 0 Å². The van der Waals surface area contributed by atoms with Crippen LogP contribution in [0, 0.1) is 0 Å². The normalized spacial score (nSPS) is 18.2. The molecular formula is C16H17Br. The van der Waals surface area contributed by atoms with Gasteiger partial charge in [-0.05, 0) is 29.7 Å². The third kappa shape index (κ3) is 1.83. The van der Waals surface area contributed by atoms with Gasteiger partial charge in [0.1, 0.15) is 0 Å². The number of halogens is 1. The Balaban J connectivity index is 2.71. The van der Waals surface area contributed by atoms with Crippen LogP contribution in [0.3, 0.4) is 0 Å². The number of fused-ring (bicyclic) bond motifs is 1. The Morgan fingerprint density at radius 1 is 1.29 bits per heavy atom. The molecule has 0 radical (unpaired) electrons. The van der Waals surface area contributed by atoms with Crippen LogP contribution in [0.2, 0.25) is 0 Å². The molecule has 0 saturated heterocycles. The first kappa shape index (κ1) is 12.4. The van der Waals surface area contributed by atoms with Crippen LogP contribution in [-0.2, 0) is 5.41 Å². The molecule has 1 aromatic rings. The second-order valence-corrected chi connectivity index (χ2v) is 5.78. The lowest BCUT2D eigenvalue weighted by atomic mass is 9.82. The van der Waals surface area contributed by atoms with Crippen LogP contribution in [0.4, 0.5) is 0 Å². The van der Waals surface area contributed by atoms with E-state index in [1.165, 1.54) is 22.3 Å². The minimum Gasteiger partial charge on any atom is -0.0990 e. The molecule has 0 heterocycles. The molecule has 0 spiro atoms. The van der Waals surface area contributed by atoms with E-state index >= 15 is 0 Å². The summed E-state index contributed by atoms with van der Waals surface area (Å²) in [7, 11) is 0. The highest BCUT2D eigenvalue weighted by Gasteiger charge is 2.35. The van der Waals surface area contributed by atoms with Gasteiger partial charge in [-0.15, -0.1) is 0 Å². The van der Waals surface area contributed by atoms with Gasteiger partial charge in [0.15, 0.2) is 0 Å². The lowest BCUT2D eigenvalue weighted by molar-refractivity contribution is 0.639. The van der Waals surface area contributed by atoms with Crippen LogP contribution in [0.15, 0.2) is 53.1 Å². The molecule has 0 atom stereocenters. The number of hydrogen-bond donors (Lipinski definition) is 0. The molecule has 0 nitrogen and oxygen atoms in total. The van der Waals surface area contributed by atoms with E-state index in [-0.39, 0.29) is 5.41 Å². The summed E-state index contributed by atoms with van der Waals surface area (Å²) in [6.07, 6.45) is 3.83. The minimum absolute atomic E-state index is 0.111. The summed E-state index contributed by atoms with van der Waals surface area (Å²) in [5.41, 5.74) is 5.57. The molecule has 17 heavy (non-hydrogen) atoms. The molecule has 2 rings (SSSR count). The van der Waals surface area contributed by atoms with Gasteiger partial charge >= 0.3 is 0 Å². The van der Waals surface area contributed by atoms with Crippen molar-refractivity contribution in [2.45, 2.75) is 26.2 Å². The first-order valence-corrected chi connectivity index (χ1v) is 6.59. The average molecular weight is 289 g/mol. The Hall–Kier alpha value is -1.08. The summed E-state index contributed by atoms with van der Waals surface area (Å²) in [5, 5.41) is 0. The SMILES string of the molecule is C=C/C=C(/Br)C1=C(C)C(C)(C)c2ccccc21. The van der Waals surface area contributed by atoms with E-state index in [9.17, 15) is 0 Å². The molecule has 88 valence electrons. The summed E-state index contributed by atoms with van der Waals surface area (Å²) in [6, 6.07) is 8.63. The second kappa shape index (κ2) is 4.30. The summed E-state index contributed by atoms with van der Waals surface area (Å²) in [5.74, 6) is 0. The molecule has 0 bridgehead atoms. The average Bonchev–Trinajstić information content (AvgIpc) is 2.49. The zero-order chi connectivity index (χ0) is 12.6. The summed E-state index contributed by atoms with van der Waals surface area (Å²) >= 11 is 3.66. The Morgan fingerprint density at radius 2 is 1.94 bits per heavy atom. The van der Waals surface area contributed by atoms with Crippen molar-refractivity contribution in [1.82, 2.24) is 0 Å². The van der Waals surface area contributed by atoms with Crippen molar-refractivity contribution in [2.75, 3.05) is 0 Å². The maximum atomic E-state index is 3.76. The van der Waals surface area contributed by atoms with Gasteiger partial charge in [0, 0.05) is 9.90 Å². The molecule has 0 amide bonds. The highest BCUT2D eigenvalue weighted by atomic mass is 79.9. The molecule has 0 unspecified atom stereocenters. The van der Waals surface area contributed by atoms with E-state index in [2.05, 4.69) is 67.5 Å². The van der Waals surface area contributed by atoms with Crippen LogP contribution in [0.25, 0.3) is 5.57 Å². The molecule has 1 aliphatic carbocycles. The fourth-order valence-electron chi connectivity index (χ4n) is 2.46. The molecule has 0 N–H and O–H groups in total. The molecule has 0 aliphatic heterocycles. The topological polar surface area (TPSA) is 0 Å². The molecule has 1 heteroatoms. The fraction of sp³-hybridized carbons (Fsp3) is 0.250. The van der Waals surface area contributed by atoms with Gasteiger partial charge in [0.05, 0.1) is 0 Å². The lowest BCUT2D eigenvalue weighted by Gasteiger charge is -2.22. The van der Waals surface area contributed by atoms with Crippen molar-refractivity contribution in [1.29, 1.82) is 0 Å². The predicted octanol–water partition coefficient (Wildman–Crippen LogP) is 5.22. The molecule has 1 aliphatic rings. The Morgan fingerprint density at radius 3 is 2.59 bits per heavy atom. The third-order valence-corrected chi connectivity index (χ3v) is 4.35. The molecule has 0 aromatic heterocycles. The third-order valence-electron chi connectivity index (χ3n) is 3.69. The van der Waals surface area contributed by atoms with Crippen molar-refractivity contribution in [3.63, 3.8) is 0 Å². The van der Waals surface area contributed by atoms with E-state index < -0.39 is 0 Å². The predicted molar refractivity (Wildman–Crippen MR) is 79.3 cm³/mol. The van der Waals surface area contributed by atoms with Crippen LogP contribution >= 0.6 is 15.9 Å². The summed E-state index contributed by atoms with van der Waals surface area (Å²) in [4.78, 5) is 0. The van der Waals surface area contributed by atoms with Crippen LogP contribution < -0.4 is 0 Å². The molecule has 0 fully saturated rings. The van der Waals surface area contributed by atoms with Crippen LogP contribution in [0.1, 0.15) is 31.9 Å². The molecular weight excluding hydrogens is 272 g/mol. The lowest BCUT2D eigenvalue weighted by Crippen LogP contribution is -2.15. The first-order chi connectivity index (χ1) is 8.00. The van der Waals surface area contributed by atoms with E-state index in [0.717, 1.165) is 4.48 Å². The highest BCUT2D eigenvalue weighted by molar-refractivity contribution is 9.12. The van der Waals surface area contributed by atoms with Gasteiger partial charge in [0.2, 0.25) is 0 Å². The Kier molecular flexibility index (Phi) is 3.13. The van der Waals surface area contributed by atoms with Gasteiger partial charge in [-0.2, -0.15) is 0 Å². The van der Waals surface area contributed by atoms with Gasteiger partial charge in [-0.25, -0.2) is 0 Å². The number of hydrogen-bond acceptors (Lipinski definition) is 0. The van der Waals surface area contributed by atoms with Crippen molar-refractivity contribution in [3.05, 3.63) is 64.2 Å². The van der Waals surface area contributed by atoms with Gasteiger partial charge in [-0.1, -0.05) is 72.3 Å². The number of allylic oxidation sites excluding steroid dienone is 5. The van der Waals surface area contributed by atoms with Crippen molar-refractivity contribution in [3.8, 4) is 0 Å². The summed E-state index contributed by atoms with van der Waals surface area (Å²) < 4.78 is 1.11. The van der Waals surface area contributed by atoms with Gasteiger partial charge < -0.3 is 0 Å². The zero-order valence-electron chi connectivity index (χ0n) is 10.5. The number of benzene rings is 1. The Labute approximate surface area is 112 Å². The second-order valence-electron chi connectivity index (χ2n) is 4.92. The van der Waals surface area contributed by atoms with E-state index in [0.29, 0.717) is 0 Å². The maximum absolute atomic E-state index is 3.76. The number of rotatable bonds is 2. The van der Waals surface area contributed by atoms with Gasteiger partial charge in [0.25, 0.3) is 0 Å². The quantitative estimate of drug-likeness (QED) is 0.655. The smallest absolute Gasteiger partial charge is 0.0253 e. The standard InChI is InChI=1S/C16H17Br/c1-5-8-14(17)15-11(2)16(3,4)13-10-7-6-9-12(13)15/h5-10H,1H2,2-4H3/b14-8+. The van der Waals surface area contributed by atoms with E-state index in [1.54, 1.807) is 0 Å². The summed E-state index contributed by atoms with van der Waals surface area (Å²) in [6.45, 7) is 10.5. The zero-order valence-corrected chi connectivity index (χ0v) is 12.1. The fourth-order valence-corrected chi connectivity index (χ4v) is 3.16. The van der Waals surface area contributed by atoms with Crippen molar-refractivity contribution < 1.29 is 0 Å². The maximum Gasteiger partial charge on any atom is 0.0253 e. The van der Waals surface area contributed by atoms with Crippen LogP contribution in [-0.4, -0.2) is 0 Å². The molecule has 0 saturated carbocycles. The first-order valence-electron chi connectivity index (χ1n) is 5.80. The largest absolute Gasteiger partial charge is 0.0990 e. The monoisotopic (exact) mass is 288 g/mol. The molecule has 1 aromatic carbocycles. The minimum atomic E-state index is 0.111. The van der Waals surface area contributed by atoms with Crippen LogP contribution in [0.5, 0.6) is 0 Å². The van der Waals surface area contributed by atoms with E-state index in [4.69, 9.17) is 0 Å². The highest BCUT2D eigenvalue weighted by Crippen LogP contribution is 2.49. The van der Waals surface area contributed by atoms with Gasteiger partial charge in [-0.3, -0.25) is 0 Å².